The Kier molecular flexibility index (Phi) is 7.30. The standard InChI is InChI=1S/C28H35FN6O3Si/c1-18-11-19(24-7-6-8-34(24)28(36)37)12-22(29)26(18)23-13-21-25(15-30-23)35(17-38-9-10-39(3,4)5)32-27(21)20-14-31-33(2)16-20/h11-16,24H,6-10,17H2,1-5H3,(H,36,37). The van der Waals surface area contributed by atoms with Crippen LogP contribution in [-0.4, -0.2) is 61.9 Å². The average Bonchev–Trinajstić information content (AvgIpc) is 3.59. The maximum absolute atomic E-state index is 15.7. The number of halogens is 1. The second-order valence-corrected chi connectivity index (χ2v) is 17.1. The fraction of sp³-hybridized carbons (Fsp3) is 0.429. The summed E-state index contributed by atoms with van der Waals surface area (Å²) in [6, 6.07) is 5.93. The van der Waals surface area contributed by atoms with Gasteiger partial charge in [0.25, 0.3) is 0 Å². The normalized spacial score (nSPS) is 15.9. The van der Waals surface area contributed by atoms with E-state index in [-0.39, 0.29) is 6.04 Å². The monoisotopic (exact) mass is 550 g/mol. The van der Waals surface area contributed by atoms with Crippen LogP contribution < -0.4 is 0 Å². The van der Waals surface area contributed by atoms with Crippen molar-refractivity contribution in [3.63, 3.8) is 0 Å². The predicted molar refractivity (Wildman–Crippen MR) is 151 cm³/mol. The maximum atomic E-state index is 15.7. The van der Waals surface area contributed by atoms with Crippen LogP contribution in [-0.2, 0) is 18.5 Å². The molecule has 1 saturated heterocycles. The van der Waals surface area contributed by atoms with E-state index in [2.05, 4.69) is 29.7 Å². The SMILES string of the molecule is Cc1cc(C2CCCN2C(=O)O)cc(F)c1-c1cc2c(-c3cnn(C)c3)nn(COCC[Si](C)(C)C)c2cn1. The number of aromatic nitrogens is 5. The van der Waals surface area contributed by atoms with Crippen LogP contribution in [0.1, 0.15) is 30.0 Å². The van der Waals surface area contributed by atoms with Crippen LogP contribution in [0.5, 0.6) is 0 Å². The molecule has 4 aromatic rings. The van der Waals surface area contributed by atoms with E-state index in [1.807, 2.05) is 32.3 Å². The number of carbonyl (C=O) groups is 1. The molecule has 206 valence electrons. The number of pyridine rings is 1. The summed E-state index contributed by atoms with van der Waals surface area (Å²) in [7, 11) is 0.635. The van der Waals surface area contributed by atoms with Gasteiger partial charge in [-0.2, -0.15) is 10.2 Å². The fourth-order valence-electron chi connectivity index (χ4n) is 5.22. The zero-order chi connectivity index (χ0) is 27.9. The molecule has 5 rings (SSSR count). The molecule has 0 aliphatic carbocycles. The molecule has 1 unspecified atom stereocenters. The Labute approximate surface area is 228 Å². The van der Waals surface area contributed by atoms with Crippen molar-refractivity contribution in [2.45, 2.75) is 58.2 Å². The van der Waals surface area contributed by atoms with E-state index in [4.69, 9.17) is 9.84 Å². The molecular formula is C28H35FN6O3Si. The minimum atomic E-state index is -1.22. The second-order valence-electron chi connectivity index (χ2n) is 11.5. The van der Waals surface area contributed by atoms with Crippen molar-refractivity contribution in [2.24, 2.45) is 7.05 Å². The summed E-state index contributed by atoms with van der Waals surface area (Å²) in [6.07, 6.45) is 5.85. The summed E-state index contributed by atoms with van der Waals surface area (Å²) >= 11 is 0. The maximum Gasteiger partial charge on any atom is 0.407 e. The number of hydrogen-bond donors (Lipinski definition) is 1. The third-order valence-electron chi connectivity index (χ3n) is 7.27. The largest absolute Gasteiger partial charge is 0.465 e. The van der Waals surface area contributed by atoms with Crippen LogP contribution >= 0.6 is 0 Å². The zero-order valence-electron chi connectivity index (χ0n) is 23.1. The summed E-state index contributed by atoms with van der Waals surface area (Å²) in [5.41, 5.74) is 4.65. The van der Waals surface area contributed by atoms with Crippen LogP contribution in [0.25, 0.3) is 33.4 Å². The molecule has 39 heavy (non-hydrogen) atoms. The number of carboxylic acid groups (broad SMARTS) is 1. The smallest absolute Gasteiger partial charge is 0.407 e. The molecule has 1 atom stereocenters. The van der Waals surface area contributed by atoms with Crippen LogP contribution in [0.3, 0.4) is 0 Å². The molecule has 1 fully saturated rings. The molecule has 0 spiro atoms. The fourth-order valence-corrected chi connectivity index (χ4v) is 5.98. The Morgan fingerprint density at radius 3 is 2.69 bits per heavy atom. The predicted octanol–water partition coefficient (Wildman–Crippen LogP) is 6.07. The summed E-state index contributed by atoms with van der Waals surface area (Å²) in [5.74, 6) is -0.418. The molecule has 1 aliphatic rings. The van der Waals surface area contributed by atoms with Crippen molar-refractivity contribution in [3.8, 4) is 22.5 Å². The number of fused-ring (bicyclic) bond motifs is 1. The van der Waals surface area contributed by atoms with Crippen molar-refractivity contribution in [3.05, 3.63) is 53.7 Å². The van der Waals surface area contributed by atoms with Crippen molar-refractivity contribution < 1.29 is 19.0 Å². The number of hydrogen-bond acceptors (Lipinski definition) is 5. The Morgan fingerprint density at radius 2 is 2.03 bits per heavy atom. The molecule has 1 N–H and O–H groups in total. The van der Waals surface area contributed by atoms with Crippen LogP contribution in [0.4, 0.5) is 9.18 Å². The third-order valence-corrected chi connectivity index (χ3v) is 8.98. The van der Waals surface area contributed by atoms with Crippen molar-refractivity contribution in [1.82, 2.24) is 29.4 Å². The number of aryl methyl sites for hydroxylation is 2. The minimum absolute atomic E-state index is 0.297. The Hall–Kier alpha value is -3.57. The Morgan fingerprint density at radius 1 is 1.23 bits per heavy atom. The Balaban J connectivity index is 1.52. The average molecular weight is 551 g/mol. The quantitative estimate of drug-likeness (QED) is 0.211. The van der Waals surface area contributed by atoms with Crippen LogP contribution in [0, 0.1) is 12.7 Å². The molecule has 3 aromatic heterocycles. The highest BCUT2D eigenvalue weighted by Gasteiger charge is 2.31. The first-order chi connectivity index (χ1) is 18.5. The summed E-state index contributed by atoms with van der Waals surface area (Å²) < 4.78 is 25.2. The van der Waals surface area contributed by atoms with Crippen molar-refractivity contribution >= 4 is 25.1 Å². The topological polar surface area (TPSA) is 98.3 Å². The number of benzene rings is 1. The lowest BCUT2D eigenvalue weighted by Crippen LogP contribution is -2.28. The first-order valence-corrected chi connectivity index (χ1v) is 17.0. The third kappa shape index (κ3) is 5.60. The lowest BCUT2D eigenvalue weighted by molar-refractivity contribution is 0.0818. The van der Waals surface area contributed by atoms with E-state index < -0.39 is 20.0 Å². The van der Waals surface area contributed by atoms with Crippen LogP contribution in [0.2, 0.25) is 25.7 Å². The van der Waals surface area contributed by atoms with E-state index >= 15 is 4.39 Å². The summed E-state index contributed by atoms with van der Waals surface area (Å²) in [4.78, 5) is 17.7. The number of ether oxygens (including phenoxy) is 1. The van der Waals surface area contributed by atoms with Crippen LogP contribution in [0.15, 0.2) is 36.8 Å². The van der Waals surface area contributed by atoms with Gasteiger partial charge >= 0.3 is 6.09 Å². The van der Waals surface area contributed by atoms with E-state index in [1.54, 1.807) is 21.8 Å². The van der Waals surface area contributed by atoms with Gasteiger partial charge in [0.15, 0.2) is 0 Å². The van der Waals surface area contributed by atoms with E-state index in [0.717, 1.165) is 34.6 Å². The molecule has 1 aliphatic heterocycles. The number of amides is 1. The van der Waals surface area contributed by atoms with Gasteiger partial charge in [-0.15, -0.1) is 0 Å². The molecule has 0 saturated carbocycles. The van der Waals surface area contributed by atoms with Gasteiger partial charge in [-0.3, -0.25) is 9.67 Å². The molecule has 1 aromatic carbocycles. The molecule has 1 amide bonds. The molecular weight excluding hydrogens is 515 g/mol. The zero-order valence-corrected chi connectivity index (χ0v) is 24.1. The van der Waals surface area contributed by atoms with E-state index in [1.165, 1.54) is 11.0 Å². The Bertz CT molecular complexity index is 1500. The molecule has 11 heteroatoms. The van der Waals surface area contributed by atoms with Crippen molar-refractivity contribution in [2.75, 3.05) is 13.2 Å². The molecule has 0 radical (unpaired) electrons. The lowest BCUT2D eigenvalue weighted by Gasteiger charge is -2.23. The molecule has 0 bridgehead atoms. The van der Waals surface area contributed by atoms with Gasteiger partial charge < -0.3 is 14.7 Å². The summed E-state index contributed by atoms with van der Waals surface area (Å²) in [5, 5.41) is 19.5. The number of rotatable bonds is 8. The van der Waals surface area contributed by atoms with Gasteiger partial charge in [0.05, 0.1) is 29.6 Å². The van der Waals surface area contributed by atoms with Gasteiger partial charge in [0, 0.05) is 51.0 Å². The van der Waals surface area contributed by atoms with E-state index in [0.29, 0.717) is 48.7 Å². The highest BCUT2D eigenvalue weighted by atomic mass is 28.3. The highest BCUT2D eigenvalue weighted by Crippen LogP contribution is 2.37. The molecule has 4 heterocycles. The first-order valence-electron chi connectivity index (χ1n) is 13.2. The second kappa shape index (κ2) is 10.5. The number of nitrogens with zero attached hydrogens (tertiary/aromatic N) is 6. The molecule has 9 nitrogen and oxygen atoms in total. The van der Waals surface area contributed by atoms with Gasteiger partial charge in [-0.05, 0) is 49.1 Å². The summed E-state index contributed by atoms with van der Waals surface area (Å²) in [6.45, 7) is 10.2. The van der Waals surface area contributed by atoms with E-state index in [9.17, 15) is 9.90 Å². The first kappa shape index (κ1) is 27.0. The van der Waals surface area contributed by atoms with Gasteiger partial charge in [0.1, 0.15) is 18.2 Å². The van der Waals surface area contributed by atoms with Crippen molar-refractivity contribution in [1.29, 1.82) is 0 Å². The van der Waals surface area contributed by atoms with Gasteiger partial charge in [0.2, 0.25) is 0 Å². The minimum Gasteiger partial charge on any atom is -0.465 e. The van der Waals surface area contributed by atoms with Gasteiger partial charge in [-0.25, -0.2) is 13.9 Å². The van der Waals surface area contributed by atoms with Gasteiger partial charge in [-0.1, -0.05) is 25.7 Å². The lowest BCUT2D eigenvalue weighted by atomic mass is 9.96. The highest BCUT2D eigenvalue weighted by molar-refractivity contribution is 6.76. The number of likely N-dealkylation sites (tertiary alicyclic amines) is 1.